The monoisotopic (exact) mass is 379 g/mol. The van der Waals surface area contributed by atoms with E-state index in [2.05, 4.69) is 0 Å². The molecular formula is C20H29NO6. The van der Waals surface area contributed by atoms with E-state index < -0.39 is 11.6 Å². The van der Waals surface area contributed by atoms with Crippen molar-refractivity contribution >= 4 is 12.1 Å². The van der Waals surface area contributed by atoms with Gasteiger partial charge in [-0.05, 0) is 51.7 Å². The molecule has 0 unspecified atom stereocenters. The van der Waals surface area contributed by atoms with Gasteiger partial charge in [-0.3, -0.25) is 0 Å². The Balaban J connectivity index is 1.85. The lowest BCUT2D eigenvalue weighted by atomic mass is 9.98. The molecule has 1 aromatic rings. The van der Waals surface area contributed by atoms with Crippen LogP contribution in [0.15, 0.2) is 18.2 Å². The highest BCUT2D eigenvalue weighted by Crippen LogP contribution is 2.27. The first-order chi connectivity index (χ1) is 12.7. The SMILES string of the molecule is COC(=O)c1ccc(OCC2CCN(C(=O)OC(C)(C)C)CC2)cc1OC. The zero-order chi connectivity index (χ0) is 20.0. The fraction of sp³-hybridized carbons (Fsp3) is 0.600. The summed E-state index contributed by atoms with van der Waals surface area (Å²) >= 11 is 0. The third-order valence-electron chi connectivity index (χ3n) is 4.33. The number of likely N-dealkylation sites (tertiary alicyclic amines) is 1. The summed E-state index contributed by atoms with van der Waals surface area (Å²) in [7, 11) is 2.83. The van der Waals surface area contributed by atoms with Crippen LogP contribution >= 0.6 is 0 Å². The summed E-state index contributed by atoms with van der Waals surface area (Å²) in [5, 5.41) is 0. The first-order valence-electron chi connectivity index (χ1n) is 9.10. The smallest absolute Gasteiger partial charge is 0.410 e. The summed E-state index contributed by atoms with van der Waals surface area (Å²) in [5.74, 6) is 0.955. The van der Waals surface area contributed by atoms with Gasteiger partial charge in [-0.1, -0.05) is 0 Å². The summed E-state index contributed by atoms with van der Waals surface area (Å²) in [6.45, 7) is 7.46. The Labute approximate surface area is 160 Å². The fourth-order valence-corrected chi connectivity index (χ4v) is 2.86. The Morgan fingerprint density at radius 2 is 1.81 bits per heavy atom. The number of nitrogens with zero attached hydrogens (tertiary/aromatic N) is 1. The lowest BCUT2D eigenvalue weighted by molar-refractivity contribution is 0.0164. The van der Waals surface area contributed by atoms with Crippen molar-refractivity contribution in [2.45, 2.75) is 39.2 Å². The molecule has 0 spiro atoms. The molecule has 1 aromatic carbocycles. The van der Waals surface area contributed by atoms with Gasteiger partial charge in [-0.25, -0.2) is 9.59 Å². The lowest BCUT2D eigenvalue weighted by Gasteiger charge is -2.33. The van der Waals surface area contributed by atoms with Crippen molar-refractivity contribution in [2.24, 2.45) is 5.92 Å². The molecule has 150 valence electrons. The largest absolute Gasteiger partial charge is 0.496 e. The molecule has 27 heavy (non-hydrogen) atoms. The van der Waals surface area contributed by atoms with Crippen LogP contribution in [0, 0.1) is 5.92 Å². The Hall–Kier alpha value is -2.44. The number of hydrogen-bond acceptors (Lipinski definition) is 6. The molecule has 0 aromatic heterocycles. The Morgan fingerprint density at radius 1 is 1.15 bits per heavy atom. The Kier molecular flexibility index (Phi) is 6.93. The maximum absolute atomic E-state index is 12.1. The topological polar surface area (TPSA) is 74.3 Å². The quantitative estimate of drug-likeness (QED) is 0.729. The number of carbonyl (C=O) groups is 2. The number of rotatable bonds is 5. The van der Waals surface area contributed by atoms with E-state index in [1.165, 1.54) is 14.2 Å². The molecule has 0 atom stereocenters. The Bertz CT molecular complexity index is 659. The minimum atomic E-state index is -0.480. The standard InChI is InChI=1S/C20H29NO6/c1-20(2,3)27-19(23)21-10-8-14(9-11-21)13-26-15-6-7-16(18(22)25-5)17(12-15)24-4/h6-7,12,14H,8-11,13H2,1-5H3. The maximum Gasteiger partial charge on any atom is 0.410 e. The molecule has 0 bridgehead atoms. The number of piperidine rings is 1. The van der Waals surface area contributed by atoms with E-state index >= 15 is 0 Å². The molecule has 1 amide bonds. The van der Waals surface area contributed by atoms with Crippen LogP contribution in [0.2, 0.25) is 0 Å². The van der Waals surface area contributed by atoms with E-state index in [1.54, 1.807) is 23.1 Å². The van der Waals surface area contributed by atoms with Crippen LogP contribution in [0.3, 0.4) is 0 Å². The zero-order valence-corrected chi connectivity index (χ0v) is 16.7. The van der Waals surface area contributed by atoms with Gasteiger partial charge in [0, 0.05) is 19.2 Å². The third kappa shape index (κ3) is 6.05. The molecule has 2 rings (SSSR count). The number of methoxy groups -OCH3 is 2. The van der Waals surface area contributed by atoms with Crippen molar-refractivity contribution in [3.8, 4) is 11.5 Å². The van der Waals surface area contributed by atoms with Gasteiger partial charge < -0.3 is 23.8 Å². The molecule has 1 aliphatic heterocycles. The molecule has 1 fully saturated rings. The number of hydrogen-bond donors (Lipinski definition) is 0. The van der Waals surface area contributed by atoms with Crippen LogP contribution < -0.4 is 9.47 Å². The first-order valence-corrected chi connectivity index (χ1v) is 9.10. The molecule has 0 N–H and O–H groups in total. The van der Waals surface area contributed by atoms with E-state index in [1.807, 2.05) is 20.8 Å². The summed E-state index contributed by atoms with van der Waals surface area (Å²) in [4.78, 5) is 25.5. The number of esters is 1. The summed E-state index contributed by atoms with van der Waals surface area (Å²) in [5.41, 5.74) is -0.120. The summed E-state index contributed by atoms with van der Waals surface area (Å²) in [6.07, 6.45) is 1.46. The number of benzene rings is 1. The van der Waals surface area contributed by atoms with Crippen molar-refractivity contribution in [3.63, 3.8) is 0 Å². The van der Waals surface area contributed by atoms with Crippen molar-refractivity contribution in [1.29, 1.82) is 0 Å². The predicted molar refractivity (Wildman–Crippen MR) is 100 cm³/mol. The number of amides is 1. The minimum Gasteiger partial charge on any atom is -0.496 e. The third-order valence-corrected chi connectivity index (χ3v) is 4.33. The summed E-state index contributed by atoms with van der Waals surface area (Å²) in [6, 6.07) is 5.04. The first kappa shape index (κ1) is 20.9. The molecule has 0 radical (unpaired) electrons. The Morgan fingerprint density at radius 3 is 2.37 bits per heavy atom. The minimum absolute atomic E-state index is 0.259. The van der Waals surface area contributed by atoms with Crippen LogP contribution in [0.25, 0.3) is 0 Å². The van der Waals surface area contributed by atoms with Gasteiger partial charge in [0.15, 0.2) is 0 Å². The van der Waals surface area contributed by atoms with Gasteiger partial charge in [0.2, 0.25) is 0 Å². The highest BCUT2D eigenvalue weighted by atomic mass is 16.6. The van der Waals surface area contributed by atoms with Gasteiger partial charge in [-0.15, -0.1) is 0 Å². The van der Waals surface area contributed by atoms with E-state index in [0.717, 1.165) is 12.8 Å². The highest BCUT2D eigenvalue weighted by molar-refractivity contribution is 5.92. The van der Waals surface area contributed by atoms with Gasteiger partial charge in [0.1, 0.15) is 22.7 Å². The predicted octanol–water partition coefficient (Wildman–Crippen LogP) is 3.51. The average molecular weight is 379 g/mol. The molecule has 1 heterocycles. The molecule has 0 saturated carbocycles. The molecule has 0 aliphatic carbocycles. The van der Waals surface area contributed by atoms with Crippen LogP contribution in [0.5, 0.6) is 11.5 Å². The van der Waals surface area contributed by atoms with Crippen molar-refractivity contribution in [3.05, 3.63) is 23.8 Å². The van der Waals surface area contributed by atoms with Gasteiger partial charge in [0.05, 0.1) is 20.8 Å². The zero-order valence-electron chi connectivity index (χ0n) is 16.7. The normalized spacial score (nSPS) is 15.2. The van der Waals surface area contributed by atoms with Crippen LogP contribution in [-0.2, 0) is 9.47 Å². The van der Waals surface area contributed by atoms with Crippen molar-refractivity contribution in [1.82, 2.24) is 4.90 Å². The van der Waals surface area contributed by atoms with Gasteiger partial charge in [-0.2, -0.15) is 0 Å². The lowest BCUT2D eigenvalue weighted by Crippen LogP contribution is -2.42. The van der Waals surface area contributed by atoms with Gasteiger partial charge in [0.25, 0.3) is 0 Å². The summed E-state index contributed by atoms with van der Waals surface area (Å²) < 4.78 is 21.3. The van der Waals surface area contributed by atoms with Crippen molar-refractivity contribution < 1.29 is 28.5 Å². The van der Waals surface area contributed by atoms with E-state index in [-0.39, 0.29) is 6.09 Å². The average Bonchev–Trinajstić information content (AvgIpc) is 2.64. The van der Waals surface area contributed by atoms with E-state index in [0.29, 0.717) is 42.7 Å². The maximum atomic E-state index is 12.1. The van der Waals surface area contributed by atoms with E-state index in [9.17, 15) is 9.59 Å². The molecule has 1 aliphatic rings. The van der Waals surface area contributed by atoms with Crippen molar-refractivity contribution in [2.75, 3.05) is 33.9 Å². The second-order valence-electron chi connectivity index (χ2n) is 7.58. The van der Waals surface area contributed by atoms with E-state index in [4.69, 9.17) is 18.9 Å². The molecule has 7 heteroatoms. The van der Waals surface area contributed by atoms with Crippen LogP contribution in [-0.4, -0.2) is 56.5 Å². The van der Waals surface area contributed by atoms with Gasteiger partial charge >= 0.3 is 12.1 Å². The van der Waals surface area contributed by atoms with Crippen LogP contribution in [0.1, 0.15) is 44.0 Å². The van der Waals surface area contributed by atoms with Crippen LogP contribution in [0.4, 0.5) is 4.79 Å². The second kappa shape index (κ2) is 8.97. The number of carbonyl (C=O) groups excluding carboxylic acids is 2. The fourth-order valence-electron chi connectivity index (χ4n) is 2.86. The molecular weight excluding hydrogens is 350 g/mol. The molecule has 1 saturated heterocycles. The molecule has 7 nitrogen and oxygen atoms in total. The second-order valence-corrected chi connectivity index (χ2v) is 7.58. The number of ether oxygens (including phenoxy) is 4. The highest BCUT2D eigenvalue weighted by Gasteiger charge is 2.27.